The van der Waals surface area contributed by atoms with Gasteiger partial charge in [-0.15, -0.1) is 0 Å². The third kappa shape index (κ3) is 7.28. The summed E-state index contributed by atoms with van der Waals surface area (Å²) in [6.07, 6.45) is 4.79. The Morgan fingerprint density at radius 3 is 2.43 bits per heavy atom. The van der Waals surface area contributed by atoms with Gasteiger partial charge in [0.15, 0.2) is 5.11 Å². The first kappa shape index (κ1) is 23.6. The SMILES string of the molecule is CCCN(CCC)C(=O)c1cccc(NC(=S)NC(=O)/C=C/c2ccccc2Cl)c1. The van der Waals surface area contributed by atoms with Crippen molar-refractivity contribution in [2.24, 2.45) is 0 Å². The number of nitrogens with zero attached hydrogens (tertiary/aromatic N) is 1. The smallest absolute Gasteiger partial charge is 0.253 e. The van der Waals surface area contributed by atoms with E-state index in [2.05, 4.69) is 24.5 Å². The van der Waals surface area contributed by atoms with Crippen LogP contribution < -0.4 is 10.6 Å². The first-order chi connectivity index (χ1) is 14.4. The van der Waals surface area contributed by atoms with E-state index in [1.807, 2.05) is 23.1 Å². The lowest BCUT2D eigenvalue weighted by molar-refractivity contribution is -0.115. The molecule has 0 aliphatic rings. The van der Waals surface area contributed by atoms with Crippen LogP contribution in [0.5, 0.6) is 0 Å². The van der Waals surface area contributed by atoms with Crippen molar-refractivity contribution in [1.29, 1.82) is 0 Å². The fraction of sp³-hybridized carbons (Fsp3) is 0.261. The molecule has 0 heterocycles. The molecule has 5 nitrogen and oxygen atoms in total. The van der Waals surface area contributed by atoms with E-state index in [1.54, 1.807) is 36.4 Å². The maximum absolute atomic E-state index is 12.8. The van der Waals surface area contributed by atoms with E-state index in [0.29, 0.717) is 16.3 Å². The summed E-state index contributed by atoms with van der Waals surface area (Å²) in [5.41, 5.74) is 1.95. The Morgan fingerprint density at radius 1 is 1.07 bits per heavy atom. The van der Waals surface area contributed by atoms with Gasteiger partial charge in [0.2, 0.25) is 5.91 Å². The highest BCUT2D eigenvalue weighted by Gasteiger charge is 2.14. The summed E-state index contributed by atoms with van der Waals surface area (Å²) in [5, 5.41) is 6.24. The molecule has 2 aromatic carbocycles. The minimum absolute atomic E-state index is 0.0139. The van der Waals surface area contributed by atoms with Gasteiger partial charge < -0.3 is 10.2 Å². The topological polar surface area (TPSA) is 61.4 Å². The third-order valence-corrected chi connectivity index (χ3v) is 4.75. The van der Waals surface area contributed by atoms with E-state index in [1.165, 1.54) is 6.08 Å². The Kier molecular flexibility index (Phi) is 9.51. The molecule has 158 valence electrons. The summed E-state index contributed by atoms with van der Waals surface area (Å²) >= 11 is 11.3. The van der Waals surface area contributed by atoms with Crippen LogP contribution in [0.3, 0.4) is 0 Å². The molecular weight excluding hydrogens is 418 g/mol. The van der Waals surface area contributed by atoms with Crippen LogP contribution in [-0.4, -0.2) is 34.9 Å². The van der Waals surface area contributed by atoms with Gasteiger partial charge in [0, 0.05) is 35.4 Å². The van der Waals surface area contributed by atoms with Crippen LogP contribution in [-0.2, 0) is 4.79 Å². The fourth-order valence-electron chi connectivity index (χ4n) is 2.86. The molecule has 0 aliphatic heterocycles. The van der Waals surface area contributed by atoms with Crippen molar-refractivity contribution < 1.29 is 9.59 Å². The lowest BCUT2D eigenvalue weighted by atomic mass is 10.1. The van der Waals surface area contributed by atoms with Crippen molar-refractivity contribution in [3.8, 4) is 0 Å². The van der Waals surface area contributed by atoms with E-state index in [0.717, 1.165) is 31.5 Å². The number of halogens is 1. The maximum Gasteiger partial charge on any atom is 0.253 e. The summed E-state index contributed by atoms with van der Waals surface area (Å²) in [5.74, 6) is -0.392. The molecule has 30 heavy (non-hydrogen) atoms. The molecule has 2 N–H and O–H groups in total. The Hall–Kier alpha value is -2.70. The number of amides is 2. The zero-order valence-corrected chi connectivity index (χ0v) is 18.7. The Morgan fingerprint density at radius 2 is 1.77 bits per heavy atom. The minimum atomic E-state index is -0.378. The second kappa shape index (κ2) is 12.1. The molecule has 0 saturated carbocycles. The quantitative estimate of drug-likeness (QED) is 0.438. The van der Waals surface area contributed by atoms with Crippen molar-refractivity contribution in [2.75, 3.05) is 18.4 Å². The average molecular weight is 444 g/mol. The van der Waals surface area contributed by atoms with E-state index in [9.17, 15) is 9.59 Å². The predicted octanol–water partition coefficient (Wildman–Crippen LogP) is 5.13. The van der Waals surface area contributed by atoms with Crippen LogP contribution >= 0.6 is 23.8 Å². The maximum atomic E-state index is 12.8. The first-order valence-corrected chi connectivity index (χ1v) is 10.7. The molecule has 0 radical (unpaired) electrons. The molecule has 2 aromatic rings. The average Bonchev–Trinajstić information content (AvgIpc) is 2.72. The van der Waals surface area contributed by atoms with Crippen molar-refractivity contribution in [3.05, 3.63) is 70.8 Å². The van der Waals surface area contributed by atoms with Crippen LogP contribution in [0.25, 0.3) is 6.08 Å². The molecule has 0 unspecified atom stereocenters. The molecule has 0 aromatic heterocycles. The molecule has 0 spiro atoms. The summed E-state index contributed by atoms with van der Waals surface area (Å²) in [6.45, 7) is 5.54. The molecule has 7 heteroatoms. The summed E-state index contributed by atoms with van der Waals surface area (Å²) in [6, 6.07) is 14.3. The zero-order valence-electron chi connectivity index (χ0n) is 17.2. The lowest BCUT2D eigenvalue weighted by Crippen LogP contribution is -2.33. The Balaban J connectivity index is 1.98. The van der Waals surface area contributed by atoms with Crippen LogP contribution in [0.2, 0.25) is 5.02 Å². The van der Waals surface area contributed by atoms with Gasteiger partial charge in [-0.2, -0.15) is 0 Å². The number of hydrogen-bond acceptors (Lipinski definition) is 3. The number of rotatable bonds is 8. The predicted molar refractivity (Wildman–Crippen MR) is 128 cm³/mol. The summed E-state index contributed by atoms with van der Waals surface area (Å²) in [7, 11) is 0. The molecule has 0 fully saturated rings. The highest BCUT2D eigenvalue weighted by molar-refractivity contribution is 7.80. The Labute approximate surface area is 188 Å². The van der Waals surface area contributed by atoms with Gasteiger partial charge in [-0.3, -0.25) is 14.9 Å². The first-order valence-electron chi connectivity index (χ1n) is 9.88. The monoisotopic (exact) mass is 443 g/mol. The van der Waals surface area contributed by atoms with Crippen LogP contribution in [0.1, 0.15) is 42.6 Å². The van der Waals surface area contributed by atoms with E-state index in [4.69, 9.17) is 23.8 Å². The molecule has 2 amide bonds. The van der Waals surface area contributed by atoms with E-state index < -0.39 is 0 Å². The van der Waals surface area contributed by atoms with Crippen LogP contribution in [0.4, 0.5) is 5.69 Å². The van der Waals surface area contributed by atoms with Crippen LogP contribution in [0.15, 0.2) is 54.6 Å². The zero-order chi connectivity index (χ0) is 21.9. The number of hydrogen-bond donors (Lipinski definition) is 2. The third-order valence-electron chi connectivity index (χ3n) is 4.20. The highest BCUT2D eigenvalue weighted by atomic mass is 35.5. The largest absolute Gasteiger partial charge is 0.339 e. The molecule has 0 atom stereocenters. The van der Waals surface area contributed by atoms with Crippen LogP contribution in [0, 0.1) is 0 Å². The van der Waals surface area contributed by atoms with Crippen molar-refractivity contribution in [3.63, 3.8) is 0 Å². The Bertz CT molecular complexity index is 924. The normalized spacial score (nSPS) is 10.6. The standard InChI is InChI=1S/C23H26ClN3O2S/c1-3-14-27(15-4-2)22(29)18-9-7-10-19(16-18)25-23(30)26-21(28)13-12-17-8-5-6-11-20(17)24/h5-13,16H,3-4,14-15H2,1-2H3,(H2,25,26,28,30)/b13-12+. The van der Waals surface area contributed by atoms with Gasteiger partial charge in [-0.1, -0.05) is 49.7 Å². The number of nitrogens with one attached hydrogen (secondary N) is 2. The van der Waals surface area contributed by atoms with Gasteiger partial charge >= 0.3 is 0 Å². The lowest BCUT2D eigenvalue weighted by Gasteiger charge is -2.21. The summed E-state index contributed by atoms with van der Waals surface area (Å²) < 4.78 is 0. The highest BCUT2D eigenvalue weighted by Crippen LogP contribution is 2.16. The second-order valence-corrected chi connectivity index (χ2v) is 7.49. The molecule has 2 rings (SSSR count). The summed E-state index contributed by atoms with van der Waals surface area (Å²) in [4.78, 5) is 26.7. The number of thiocarbonyl (C=S) groups is 1. The number of benzene rings is 2. The molecule has 0 bridgehead atoms. The fourth-order valence-corrected chi connectivity index (χ4v) is 3.28. The van der Waals surface area contributed by atoms with E-state index in [-0.39, 0.29) is 16.9 Å². The van der Waals surface area contributed by atoms with Crippen molar-refractivity contribution in [1.82, 2.24) is 10.2 Å². The van der Waals surface area contributed by atoms with Gasteiger partial charge in [-0.05, 0) is 61.0 Å². The number of carbonyl (C=O) groups excluding carboxylic acids is 2. The second-order valence-electron chi connectivity index (χ2n) is 6.67. The molecule has 0 aliphatic carbocycles. The van der Waals surface area contributed by atoms with Crippen molar-refractivity contribution in [2.45, 2.75) is 26.7 Å². The molecule has 0 saturated heterocycles. The van der Waals surface area contributed by atoms with Gasteiger partial charge in [0.05, 0.1) is 0 Å². The van der Waals surface area contributed by atoms with Gasteiger partial charge in [0.25, 0.3) is 5.91 Å². The minimum Gasteiger partial charge on any atom is -0.339 e. The molecular formula is C23H26ClN3O2S. The van der Waals surface area contributed by atoms with Gasteiger partial charge in [-0.25, -0.2) is 0 Å². The number of anilines is 1. The van der Waals surface area contributed by atoms with Crippen molar-refractivity contribution >= 4 is 52.5 Å². The number of carbonyl (C=O) groups is 2. The van der Waals surface area contributed by atoms with E-state index >= 15 is 0 Å². The van der Waals surface area contributed by atoms with Gasteiger partial charge in [0.1, 0.15) is 0 Å².